The van der Waals surface area contributed by atoms with E-state index in [1.165, 1.54) is 16.9 Å². The van der Waals surface area contributed by atoms with E-state index in [1.54, 1.807) is 7.11 Å². The number of hydrogen-bond acceptors (Lipinski definition) is 3. The zero-order chi connectivity index (χ0) is 9.97. The molecule has 1 heterocycles. The van der Waals surface area contributed by atoms with Crippen molar-refractivity contribution in [2.24, 2.45) is 5.73 Å². The van der Waals surface area contributed by atoms with E-state index in [2.05, 4.69) is 6.07 Å². The molecule has 1 aromatic rings. The van der Waals surface area contributed by atoms with Gasteiger partial charge in [-0.3, -0.25) is 0 Å². The monoisotopic (exact) mass is 209 g/mol. The average Bonchev–Trinajstić information content (AvgIpc) is 2.27. The van der Waals surface area contributed by atoms with Crippen LogP contribution in [-0.2, 0) is 0 Å². The number of ether oxygens (including phenoxy) is 1. The predicted octanol–water partition coefficient (Wildman–Crippen LogP) is 2.23. The van der Waals surface area contributed by atoms with Gasteiger partial charge in [0.15, 0.2) is 0 Å². The number of fused-ring (bicyclic) bond motifs is 1. The smallest absolute Gasteiger partial charge is 0.132 e. The third-order valence-corrected chi connectivity index (χ3v) is 3.83. The largest absolute Gasteiger partial charge is 0.496 e. The molecule has 0 aliphatic carbocycles. The lowest BCUT2D eigenvalue weighted by atomic mass is 9.96. The van der Waals surface area contributed by atoms with Gasteiger partial charge < -0.3 is 10.5 Å². The summed E-state index contributed by atoms with van der Waals surface area (Å²) in [5.41, 5.74) is 7.12. The Balaban J connectivity index is 2.43. The van der Waals surface area contributed by atoms with Gasteiger partial charge in [0, 0.05) is 0 Å². The molecular formula is C11H15NOS. The Bertz CT molecular complexity index is 327. The Morgan fingerprint density at radius 3 is 3.14 bits per heavy atom. The second-order valence-electron chi connectivity index (χ2n) is 3.45. The van der Waals surface area contributed by atoms with Crippen molar-refractivity contribution in [1.29, 1.82) is 0 Å². The normalized spacial score (nSPS) is 20.3. The van der Waals surface area contributed by atoms with E-state index in [-0.39, 0.29) is 0 Å². The van der Waals surface area contributed by atoms with Crippen LogP contribution in [0.15, 0.2) is 23.1 Å². The van der Waals surface area contributed by atoms with Crippen molar-refractivity contribution in [3.05, 3.63) is 23.8 Å². The van der Waals surface area contributed by atoms with Crippen LogP contribution in [0.25, 0.3) is 0 Å². The maximum Gasteiger partial charge on any atom is 0.132 e. The van der Waals surface area contributed by atoms with Crippen molar-refractivity contribution in [3.63, 3.8) is 0 Å². The summed E-state index contributed by atoms with van der Waals surface area (Å²) >= 11 is 1.88. The maximum atomic E-state index is 5.76. The van der Waals surface area contributed by atoms with Crippen LogP contribution in [0.4, 0.5) is 0 Å². The van der Waals surface area contributed by atoms with Gasteiger partial charge in [0.2, 0.25) is 0 Å². The molecule has 1 aliphatic rings. The Morgan fingerprint density at radius 2 is 2.43 bits per heavy atom. The standard InChI is InChI=1S/C11H15NOS/c1-13-10-4-2-3-9-8(7-12)5-6-14-11(9)10/h2-4,8H,5-7,12H2,1H3. The molecule has 14 heavy (non-hydrogen) atoms. The summed E-state index contributed by atoms with van der Waals surface area (Å²) in [7, 11) is 1.72. The summed E-state index contributed by atoms with van der Waals surface area (Å²) in [4.78, 5) is 1.29. The number of methoxy groups -OCH3 is 1. The fraction of sp³-hybridized carbons (Fsp3) is 0.455. The molecule has 0 amide bonds. The minimum atomic E-state index is 0.515. The van der Waals surface area contributed by atoms with Gasteiger partial charge in [0.05, 0.1) is 12.0 Å². The van der Waals surface area contributed by atoms with Gasteiger partial charge in [-0.15, -0.1) is 11.8 Å². The minimum absolute atomic E-state index is 0.515. The van der Waals surface area contributed by atoms with Gasteiger partial charge in [0.25, 0.3) is 0 Å². The third kappa shape index (κ3) is 1.62. The Kier molecular flexibility index (Phi) is 2.99. The van der Waals surface area contributed by atoms with E-state index in [0.717, 1.165) is 18.0 Å². The van der Waals surface area contributed by atoms with Crippen LogP contribution in [0.2, 0.25) is 0 Å². The molecule has 1 atom stereocenters. The van der Waals surface area contributed by atoms with E-state index in [1.807, 2.05) is 23.9 Å². The van der Waals surface area contributed by atoms with Gasteiger partial charge in [-0.05, 0) is 36.3 Å². The molecular weight excluding hydrogens is 194 g/mol. The van der Waals surface area contributed by atoms with Crippen LogP contribution in [0.1, 0.15) is 17.9 Å². The molecule has 1 unspecified atom stereocenters. The van der Waals surface area contributed by atoms with E-state index >= 15 is 0 Å². The fourth-order valence-corrected chi connectivity index (χ4v) is 3.17. The first-order chi connectivity index (χ1) is 6.86. The van der Waals surface area contributed by atoms with Crippen molar-refractivity contribution in [2.75, 3.05) is 19.4 Å². The number of nitrogens with two attached hydrogens (primary N) is 1. The fourth-order valence-electron chi connectivity index (χ4n) is 1.87. The van der Waals surface area contributed by atoms with E-state index in [9.17, 15) is 0 Å². The molecule has 76 valence electrons. The molecule has 3 heteroatoms. The lowest BCUT2D eigenvalue weighted by molar-refractivity contribution is 0.402. The van der Waals surface area contributed by atoms with Gasteiger partial charge in [-0.2, -0.15) is 0 Å². The highest BCUT2D eigenvalue weighted by atomic mass is 32.2. The molecule has 0 aromatic heterocycles. The molecule has 2 rings (SSSR count). The van der Waals surface area contributed by atoms with Crippen molar-refractivity contribution < 1.29 is 4.74 Å². The average molecular weight is 209 g/mol. The number of benzene rings is 1. The zero-order valence-corrected chi connectivity index (χ0v) is 9.14. The second kappa shape index (κ2) is 4.24. The lowest BCUT2D eigenvalue weighted by Crippen LogP contribution is -2.17. The zero-order valence-electron chi connectivity index (χ0n) is 8.32. The molecule has 0 spiro atoms. The quantitative estimate of drug-likeness (QED) is 0.811. The van der Waals surface area contributed by atoms with Crippen molar-refractivity contribution in [1.82, 2.24) is 0 Å². The van der Waals surface area contributed by atoms with Crippen LogP contribution in [0, 0.1) is 0 Å². The molecule has 2 N–H and O–H groups in total. The van der Waals surface area contributed by atoms with Crippen molar-refractivity contribution in [2.45, 2.75) is 17.2 Å². The maximum absolute atomic E-state index is 5.76. The lowest BCUT2D eigenvalue weighted by Gasteiger charge is -2.25. The first kappa shape index (κ1) is 9.87. The molecule has 0 fully saturated rings. The van der Waals surface area contributed by atoms with E-state index < -0.39 is 0 Å². The first-order valence-electron chi connectivity index (χ1n) is 4.86. The molecule has 1 aliphatic heterocycles. The van der Waals surface area contributed by atoms with E-state index in [4.69, 9.17) is 10.5 Å². The first-order valence-corrected chi connectivity index (χ1v) is 5.85. The summed E-state index contributed by atoms with van der Waals surface area (Å²) in [5, 5.41) is 0. The number of hydrogen-bond donors (Lipinski definition) is 1. The van der Waals surface area contributed by atoms with Crippen LogP contribution >= 0.6 is 11.8 Å². The predicted molar refractivity (Wildman–Crippen MR) is 60.1 cm³/mol. The number of thioether (sulfide) groups is 1. The van der Waals surface area contributed by atoms with Crippen molar-refractivity contribution in [3.8, 4) is 5.75 Å². The van der Waals surface area contributed by atoms with Gasteiger partial charge in [0.1, 0.15) is 5.75 Å². The highest BCUT2D eigenvalue weighted by Crippen LogP contribution is 2.42. The SMILES string of the molecule is COc1cccc2c1SCCC2CN. The van der Waals surface area contributed by atoms with Crippen LogP contribution < -0.4 is 10.5 Å². The molecule has 0 saturated carbocycles. The van der Waals surface area contributed by atoms with Gasteiger partial charge >= 0.3 is 0 Å². The molecule has 0 radical (unpaired) electrons. The summed E-state index contributed by atoms with van der Waals surface area (Å²) < 4.78 is 5.34. The van der Waals surface area contributed by atoms with Crippen molar-refractivity contribution >= 4 is 11.8 Å². The third-order valence-electron chi connectivity index (χ3n) is 2.67. The highest BCUT2D eigenvalue weighted by Gasteiger charge is 2.21. The Labute approximate surface area is 88.8 Å². The topological polar surface area (TPSA) is 35.2 Å². The highest BCUT2D eigenvalue weighted by molar-refractivity contribution is 7.99. The summed E-state index contributed by atoms with van der Waals surface area (Å²) in [6.45, 7) is 0.737. The number of rotatable bonds is 2. The summed E-state index contributed by atoms with van der Waals surface area (Å²) in [6.07, 6.45) is 1.18. The van der Waals surface area contributed by atoms with Crippen LogP contribution in [-0.4, -0.2) is 19.4 Å². The Hall–Kier alpha value is -0.670. The van der Waals surface area contributed by atoms with Gasteiger partial charge in [-0.1, -0.05) is 12.1 Å². The second-order valence-corrected chi connectivity index (χ2v) is 4.55. The summed E-state index contributed by atoms with van der Waals surface area (Å²) in [5.74, 6) is 2.65. The molecule has 1 aromatic carbocycles. The van der Waals surface area contributed by atoms with Crippen LogP contribution in [0.5, 0.6) is 5.75 Å². The molecule has 0 saturated heterocycles. The Morgan fingerprint density at radius 1 is 1.57 bits per heavy atom. The minimum Gasteiger partial charge on any atom is -0.496 e. The molecule has 2 nitrogen and oxygen atoms in total. The van der Waals surface area contributed by atoms with Gasteiger partial charge in [-0.25, -0.2) is 0 Å². The molecule has 0 bridgehead atoms. The van der Waals surface area contributed by atoms with Crippen LogP contribution in [0.3, 0.4) is 0 Å². The summed E-state index contributed by atoms with van der Waals surface area (Å²) in [6, 6.07) is 6.23. The van der Waals surface area contributed by atoms with E-state index in [0.29, 0.717) is 5.92 Å².